The van der Waals surface area contributed by atoms with Gasteiger partial charge in [-0.05, 0) is 23.8 Å². The van der Waals surface area contributed by atoms with Crippen LogP contribution in [0.15, 0.2) is 48.5 Å². The molecule has 1 aliphatic heterocycles. The van der Waals surface area contributed by atoms with Gasteiger partial charge in [0.15, 0.2) is 0 Å². The first-order valence-corrected chi connectivity index (χ1v) is 8.21. The van der Waals surface area contributed by atoms with Crippen LogP contribution >= 0.6 is 0 Å². The number of carbonyl (C=O) groups is 2. The van der Waals surface area contributed by atoms with E-state index in [1.807, 2.05) is 0 Å². The minimum Gasteiger partial charge on any atom is -0.398 e. The summed E-state index contributed by atoms with van der Waals surface area (Å²) in [6.45, 7) is 1.75. The van der Waals surface area contributed by atoms with E-state index in [2.05, 4.69) is 0 Å². The van der Waals surface area contributed by atoms with E-state index in [4.69, 9.17) is 5.73 Å². The molecule has 0 radical (unpaired) electrons. The van der Waals surface area contributed by atoms with Gasteiger partial charge in [-0.3, -0.25) is 9.59 Å². The lowest BCUT2D eigenvalue weighted by Gasteiger charge is -2.35. The number of para-hydroxylation sites is 1. The van der Waals surface area contributed by atoms with Crippen LogP contribution in [0.5, 0.6) is 0 Å². The van der Waals surface area contributed by atoms with E-state index in [1.54, 1.807) is 52.3 Å². The second-order valence-corrected chi connectivity index (χ2v) is 6.03. The number of hydrogen-bond donors (Lipinski definition) is 1. The number of nitrogens with two attached hydrogens (primary N) is 1. The summed E-state index contributed by atoms with van der Waals surface area (Å²) in [6.07, 6.45) is 0.0340. The molecule has 0 aromatic heterocycles. The molecule has 0 bridgehead atoms. The summed E-state index contributed by atoms with van der Waals surface area (Å²) in [5.41, 5.74) is 7.18. The summed E-state index contributed by atoms with van der Waals surface area (Å²) >= 11 is 0. The molecule has 2 aromatic rings. The van der Waals surface area contributed by atoms with Crippen molar-refractivity contribution in [2.45, 2.75) is 6.42 Å². The molecule has 3 rings (SSSR count). The molecule has 1 saturated heterocycles. The number of amides is 2. The van der Waals surface area contributed by atoms with E-state index in [-0.39, 0.29) is 24.1 Å². The molecule has 2 aromatic carbocycles. The van der Waals surface area contributed by atoms with Gasteiger partial charge in [0.1, 0.15) is 5.82 Å². The zero-order chi connectivity index (χ0) is 17.8. The standard InChI is InChI=1S/C19H20FN3O2/c20-16-7-3-1-5-14(16)13-18(24)22-9-11-23(12-10-22)19(25)15-6-2-4-8-17(15)21/h1-8H,9-13,21H2. The van der Waals surface area contributed by atoms with Crippen molar-refractivity contribution in [2.75, 3.05) is 31.9 Å². The van der Waals surface area contributed by atoms with E-state index in [0.29, 0.717) is 43.0 Å². The van der Waals surface area contributed by atoms with Crippen molar-refractivity contribution >= 4 is 17.5 Å². The molecule has 6 heteroatoms. The Balaban J connectivity index is 1.58. The number of halogens is 1. The van der Waals surface area contributed by atoms with Crippen LogP contribution in [-0.2, 0) is 11.2 Å². The molecular weight excluding hydrogens is 321 g/mol. The third kappa shape index (κ3) is 3.79. The molecule has 2 N–H and O–H groups in total. The Bertz CT molecular complexity index is 786. The molecule has 25 heavy (non-hydrogen) atoms. The summed E-state index contributed by atoms with van der Waals surface area (Å²) in [5, 5.41) is 0. The zero-order valence-corrected chi connectivity index (χ0v) is 13.8. The lowest BCUT2D eigenvalue weighted by molar-refractivity contribution is -0.132. The third-order valence-corrected chi connectivity index (χ3v) is 4.41. The second kappa shape index (κ2) is 7.34. The molecule has 0 spiro atoms. The van der Waals surface area contributed by atoms with E-state index in [0.717, 1.165) is 0 Å². The number of rotatable bonds is 3. The predicted molar refractivity (Wildman–Crippen MR) is 93.4 cm³/mol. The van der Waals surface area contributed by atoms with Crippen molar-refractivity contribution in [1.29, 1.82) is 0 Å². The largest absolute Gasteiger partial charge is 0.398 e. The van der Waals surface area contributed by atoms with E-state index in [9.17, 15) is 14.0 Å². The SMILES string of the molecule is Nc1ccccc1C(=O)N1CCN(C(=O)Cc2ccccc2F)CC1. The van der Waals surface area contributed by atoms with Crippen LogP contribution in [0.2, 0.25) is 0 Å². The smallest absolute Gasteiger partial charge is 0.256 e. The molecule has 1 fully saturated rings. The molecule has 0 unspecified atom stereocenters. The summed E-state index contributed by atoms with van der Waals surface area (Å²) in [5.74, 6) is -0.625. The highest BCUT2D eigenvalue weighted by atomic mass is 19.1. The first-order chi connectivity index (χ1) is 12.1. The third-order valence-electron chi connectivity index (χ3n) is 4.41. The van der Waals surface area contributed by atoms with Crippen molar-refractivity contribution in [3.63, 3.8) is 0 Å². The fourth-order valence-electron chi connectivity index (χ4n) is 2.94. The van der Waals surface area contributed by atoms with E-state index < -0.39 is 0 Å². The van der Waals surface area contributed by atoms with Crippen LogP contribution in [0.3, 0.4) is 0 Å². The highest BCUT2D eigenvalue weighted by Crippen LogP contribution is 2.16. The van der Waals surface area contributed by atoms with Gasteiger partial charge in [-0.15, -0.1) is 0 Å². The normalized spacial score (nSPS) is 14.4. The summed E-state index contributed by atoms with van der Waals surface area (Å²) in [7, 11) is 0. The molecule has 2 amide bonds. The second-order valence-electron chi connectivity index (χ2n) is 6.03. The van der Waals surface area contributed by atoms with Gasteiger partial charge in [-0.2, -0.15) is 0 Å². The molecule has 1 heterocycles. The Morgan fingerprint density at radius 2 is 1.52 bits per heavy atom. The maximum Gasteiger partial charge on any atom is 0.256 e. The van der Waals surface area contributed by atoms with Gasteiger partial charge in [-0.25, -0.2) is 4.39 Å². The highest BCUT2D eigenvalue weighted by molar-refractivity contribution is 5.99. The number of carbonyl (C=O) groups excluding carboxylic acids is 2. The van der Waals surface area contributed by atoms with Crippen molar-refractivity contribution in [2.24, 2.45) is 0 Å². The topological polar surface area (TPSA) is 66.6 Å². The lowest BCUT2D eigenvalue weighted by atomic mass is 10.1. The van der Waals surface area contributed by atoms with E-state index >= 15 is 0 Å². The summed E-state index contributed by atoms with van der Waals surface area (Å²) < 4.78 is 13.7. The van der Waals surface area contributed by atoms with Crippen molar-refractivity contribution < 1.29 is 14.0 Å². The van der Waals surface area contributed by atoms with Crippen LogP contribution in [0.25, 0.3) is 0 Å². The van der Waals surface area contributed by atoms with Crippen LogP contribution in [-0.4, -0.2) is 47.8 Å². The average Bonchev–Trinajstić information content (AvgIpc) is 2.63. The van der Waals surface area contributed by atoms with Gasteiger partial charge < -0.3 is 15.5 Å². The van der Waals surface area contributed by atoms with Crippen LogP contribution in [0.1, 0.15) is 15.9 Å². The molecule has 0 aliphatic carbocycles. The first-order valence-electron chi connectivity index (χ1n) is 8.21. The Morgan fingerprint density at radius 3 is 2.20 bits per heavy atom. The van der Waals surface area contributed by atoms with Gasteiger partial charge in [0.2, 0.25) is 5.91 Å². The fraction of sp³-hybridized carbons (Fsp3) is 0.263. The maximum absolute atomic E-state index is 13.7. The molecule has 0 saturated carbocycles. The maximum atomic E-state index is 13.7. The van der Waals surface area contributed by atoms with Gasteiger partial charge >= 0.3 is 0 Å². The number of nitrogens with zero attached hydrogens (tertiary/aromatic N) is 2. The number of hydrogen-bond acceptors (Lipinski definition) is 3. The molecule has 1 aliphatic rings. The Kier molecular flexibility index (Phi) is 4.97. The number of benzene rings is 2. The molecular formula is C19H20FN3O2. The first kappa shape index (κ1) is 17.0. The van der Waals surface area contributed by atoms with Crippen LogP contribution in [0.4, 0.5) is 10.1 Å². The van der Waals surface area contributed by atoms with E-state index in [1.165, 1.54) is 6.07 Å². The molecule has 0 atom stereocenters. The fourth-order valence-corrected chi connectivity index (χ4v) is 2.94. The zero-order valence-electron chi connectivity index (χ0n) is 13.8. The Labute approximate surface area is 145 Å². The number of piperazine rings is 1. The van der Waals surface area contributed by atoms with Gasteiger partial charge in [-0.1, -0.05) is 30.3 Å². The van der Waals surface area contributed by atoms with Gasteiger partial charge in [0, 0.05) is 31.9 Å². The highest BCUT2D eigenvalue weighted by Gasteiger charge is 2.26. The molecule has 5 nitrogen and oxygen atoms in total. The van der Waals surface area contributed by atoms with Gasteiger partial charge in [0.05, 0.1) is 12.0 Å². The average molecular weight is 341 g/mol. The lowest BCUT2D eigenvalue weighted by Crippen LogP contribution is -2.51. The van der Waals surface area contributed by atoms with Crippen LogP contribution < -0.4 is 5.73 Å². The minimum absolute atomic E-state index is 0.0340. The molecule has 130 valence electrons. The summed E-state index contributed by atoms with van der Waals surface area (Å²) in [4.78, 5) is 28.2. The number of anilines is 1. The van der Waals surface area contributed by atoms with Crippen molar-refractivity contribution in [3.05, 3.63) is 65.5 Å². The van der Waals surface area contributed by atoms with Gasteiger partial charge in [0.25, 0.3) is 5.91 Å². The predicted octanol–water partition coefficient (Wildman–Crippen LogP) is 1.93. The van der Waals surface area contributed by atoms with Crippen molar-refractivity contribution in [3.8, 4) is 0 Å². The Hall–Kier alpha value is -2.89. The summed E-state index contributed by atoms with van der Waals surface area (Å²) in [6, 6.07) is 13.2. The Morgan fingerprint density at radius 1 is 0.920 bits per heavy atom. The van der Waals surface area contributed by atoms with Crippen molar-refractivity contribution in [1.82, 2.24) is 9.80 Å². The monoisotopic (exact) mass is 341 g/mol. The number of nitrogen functional groups attached to an aromatic ring is 1. The minimum atomic E-state index is -0.371. The quantitative estimate of drug-likeness (QED) is 0.868. The van der Waals surface area contributed by atoms with Crippen LogP contribution in [0, 0.1) is 5.82 Å².